The van der Waals surface area contributed by atoms with Gasteiger partial charge in [0.05, 0.1) is 24.3 Å². The van der Waals surface area contributed by atoms with Gasteiger partial charge in [-0.05, 0) is 62.5 Å². The van der Waals surface area contributed by atoms with E-state index >= 15 is 0 Å². The molecule has 8 atom stereocenters. The summed E-state index contributed by atoms with van der Waals surface area (Å²) in [7, 11) is 0. The molecular formula is C29H39NO4. The highest BCUT2D eigenvalue weighted by molar-refractivity contribution is 5.97. The molecule has 1 aromatic rings. The van der Waals surface area contributed by atoms with E-state index in [0.717, 1.165) is 19.3 Å². The highest BCUT2D eigenvalue weighted by atomic mass is 16.5. The summed E-state index contributed by atoms with van der Waals surface area (Å²) in [5.41, 5.74) is 2.04. The van der Waals surface area contributed by atoms with Crippen LogP contribution in [0.3, 0.4) is 0 Å². The molecule has 0 spiro atoms. The summed E-state index contributed by atoms with van der Waals surface area (Å²) in [5.74, 6) is 0.657. The van der Waals surface area contributed by atoms with E-state index < -0.39 is 11.9 Å². The van der Waals surface area contributed by atoms with Crippen molar-refractivity contribution in [1.29, 1.82) is 0 Å². The molecule has 34 heavy (non-hydrogen) atoms. The molecule has 1 aromatic heterocycles. The Balaban J connectivity index is 1.48. The Bertz CT molecular complexity index is 943. The van der Waals surface area contributed by atoms with Crippen molar-refractivity contribution in [1.82, 2.24) is 4.98 Å². The zero-order chi connectivity index (χ0) is 24.2. The zero-order valence-corrected chi connectivity index (χ0v) is 20.7. The number of aromatic nitrogens is 1. The van der Waals surface area contributed by atoms with Crippen LogP contribution in [-0.4, -0.2) is 34.6 Å². The number of aromatic amines is 1. The van der Waals surface area contributed by atoms with Crippen molar-refractivity contribution < 1.29 is 19.4 Å². The second-order valence-electron chi connectivity index (χ2n) is 10.5. The van der Waals surface area contributed by atoms with Crippen LogP contribution in [0.4, 0.5) is 0 Å². The molecule has 0 aromatic carbocycles. The largest absolute Gasteiger partial charge is 0.481 e. The predicted octanol–water partition coefficient (Wildman–Crippen LogP) is 6.07. The van der Waals surface area contributed by atoms with Crippen LogP contribution in [0.1, 0.15) is 63.4 Å². The fourth-order valence-corrected chi connectivity index (χ4v) is 6.38. The first-order valence-electron chi connectivity index (χ1n) is 13.0. The average molecular weight is 466 g/mol. The molecule has 1 aliphatic heterocycles. The molecule has 2 N–H and O–H groups in total. The third kappa shape index (κ3) is 5.14. The number of allylic oxidation sites excluding steroid dienone is 5. The number of fused-ring (bicyclic) bond motifs is 1. The Kier molecular flexibility index (Phi) is 7.92. The molecule has 184 valence electrons. The highest BCUT2D eigenvalue weighted by Crippen LogP contribution is 2.46. The minimum absolute atomic E-state index is 0.0129. The summed E-state index contributed by atoms with van der Waals surface area (Å²) in [4.78, 5) is 27.9. The number of hydrogen-bond acceptors (Lipinski definition) is 3. The van der Waals surface area contributed by atoms with Crippen molar-refractivity contribution in [3.63, 3.8) is 0 Å². The first-order valence-corrected chi connectivity index (χ1v) is 13.0. The van der Waals surface area contributed by atoms with Gasteiger partial charge in [0.15, 0.2) is 5.78 Å². The number of carboxylic acids is 1. The Hall–Kier alpha value is -2.40. The molecule has 1 saturated heterocycles. The van der Waals surface area contributed by atoms with Gasteiger partial charge in [-0.2, -0.15) is 0 Å². The van der Waals surface area contributed by atoms with Crippen molar-refractivity contribution in [2.75, 3.05) is 6.61 Å². The summed E-state index contributed by atoms with van der Waals surface area (Å²) < 4.78 is 6.00. The SMILES string of the molecule is CC/C(=C\C=C\[C@@H]1C=C[C@@H]2CCC[C@@H]2[C@@H]1C(=O)c1ccc[nH]1)[C@@H]1CO[C@H]([C@H](C)C(=O)O)C[C@H]1C. The molecule has 0 radical (unpaired) electrons. The van der Waals surface area contributed by atoms with Crippen LogP contribution in [0, 0.1) is 41.4 Å². The summed E-state index contributed by atoms with van der Waals surface area (Å²) in [5, 5.41) is 9.33. The van der Waals surface area contributed by atoms with Gasteiger partial charge in [-0.25, -0.2) is 0 Å². The van der Waals surface area contributed by atoms with E-state index in [1.54, 1.807) is 6.92 Å². The van der Waals surface area contributed by atoms with Crippen LogP contribution in [0.2, 0.25) is 0 Å². The van der Waals surface area contributed by atoms with Crippen molar-refractivity contribution in [3.05, 3.63) is 60.0 Å². The highest BCUT2D eigenvalue weighted by Gasteiger charge is 2.42. The van der Waals surface area contributed by atoms with Crippen molar-refractivity contribution in [2.45, 2.75) is 59.0 Å². The molecule has 0 bridgehead atoms. The quantitative estimate of drug-likeness (QED) is 0.277. The van der Waals surface area contributed by atoms with Crippen LogP contribution in [0.25, 0.3) is 0 Å². The third-order valence-corrected chi connectivity index (χ3v) is 8.50. The predicted molar refractivity (Wildman–Crippen MR) is 133 cm³/mol. The lowest BCUT2D eigenvalue weighted by Gasteiger charge is -2.37. The van der Waals surface area contributed by atoms with Crippen molar-refractivity contribution in [2.24, 2.45) is 41.4 Å². The van der Waals surface area contributed by atoms with Crippen LogP contribution < -0.4 is 0 Å². The van der Waals surface area contributed by atoms with Gasteiger partial charge in [-0.1, -0.05) is 56.2 Å². The van der Waals surface area contributed by atoms with E-state index in [-0.39, 0.29) is 23.7 Å². The van der Waals surface area contributed by atoms with Gasteiger partial charge in [0.25, 0.3) is 0 Å². The van der Waals surface area contributed by atoms with E-state index in [1.807, 2.05) is 18.3 Å². The Morgan fingerprint density at radius 3 is 2.79 bits per heavy atom. The number of H-pyrrole nitrogens is 1. The molecule has 2 fully saturated rings. The maximum Gasteiger partial charge on any atom is 0.308 e. The lowest BCUT2D eigenvalue weighted by atomic mass is 9.69. The summed E-state index contributed by atoms with van der Waals surface area (Å²) in [6, 6.07) is 3.79. The number of carbonyl (C=O) groups is 2. The smallest absolute Gasteiger partial charge is 0.308 e. The van der Waals surface area contributed by atoms with Gasteiger partial charge in [0.2, 0.25) is 0 Å². The zero-order valence-electron chi connectivity index (χ0n) is 20.7. The fourth-order valence-electron chi connectivity index (χ4n) is 6.38. The summed E-state index contributed by atoms with van der Waals surface area (Å²) in [6.45, 7) is 6.67. The van der Waals surface area contributed by atoms with Gasteiger partial charge >= 0.3 is 5.97 Å². The minimum atomic E-state index is -0.793. The van der Waals surface area contributed by atoms with Gasteiger partial charge in [0, 0.05) is 24.0 Å². The number of ketones is 1. The van der Waals surface area contributed by atoms with Crippen LogP contribution >= 0.6 is 0 Å². The maximum absolute atomic E-state index is 13.4. The third-order valence-electron chi connectivity index (χ3n) is 8.50. The lowest BCUT2D eigenvalue weighted by Crippen LogP contribution is -2.39. The Morgan fingerprint density at radius 2 is 2.12 bits per heavy atom. The van der Waals surface area contributed by atoms with E-state index in [1.165, 1.54) is 18.4 Å². The van der Waals surface area contributed by atoms with Gasteiger partial charge in [-0.3, -0.25) is 9.59 Å². The average Bonchev–Trinajstić information content (AvgIpc) is 3.53. The monoisotopic (exact) mass is 465 g/mol. The molecular weight excluding hydrogens is 426 g/mol. The number of hydrogen-bond donors (Lipinski definition) is 2. The fraction of sp³-hybridized carbons (Fsp3) is 0.586. The first-order chi connectivity index (χ1) is 16.4. The van der Waals surface area contributed by atoms with Gasteiger partial charge < -0.3 is 14.8 Å². The van der Waals surface area contributed by atoms with E-state index in [9.17, 15) is 14.7 Å². The normalized spacial score (nSPS) is 34.8. The summed E-state index contributed by atoms with van der Waals surface area (Å²) >= 11 is 0. The van der Waals surface area contributed by atoms with Gasteiger partial charge in [0.1, 0.15) is 0 Å². The molecule has 1 saturated carbocycles. The number of rotatable bonds is 8. The van der Waals surface area contributed by atoms with Gasteiger partial charge in [-0.15, -0.1) is 0 Å². The van der Waals surface area contributed by atoms with E-state index in [0.29, 0.717) is 36.0 Å². The topological polar surface area (TPSA) is 79.4 Å². The standard InChI is InChI=1S/C29H39NO4/c1-4-20(24-17-34-26(16-18(24)2)19(3)29(32)33)8-5-10-22-14-13-21-9-6-11-23(21)27(22)28(31)25-12-7-15-30-25/h5,7-8,10,12-15,18-19,21-24,26-27,30H,4,6,9,11,16-17H2,1-3H3,(H,32,33)/b10-5+,20-8+/t18-,19+,21+,22-,23+,24-,26+,27-/m1/s1. The van der Waals surface area contributed by atoms with Crippen molar-refractivity contribution >= 4 is 11.8 Å². The molecule has 0 amide bonds. The number of Topliss-reactive ketones (excluding diaryl/α,β-unsaturated/α-hetero) is 1. The number of nitrogens with one attached hydrogen (secondary N) is 1. The Morgan fingerprint density at radius 1 is 1.29 bits per heavy atom. The second-order valence-corrected chi connectivity index (χ2v) is 10.5. The van der Waals surface area contributed by atoms with Crippen LogP contribution in [-0.2, 0) is 9.53 Å². The summed E-state index contributed by atoms with van der Waals surface area (Å²) in [6.07, 6.45) is 18.0. The Labute approximate surface area is 203 Å². The molecule has 5 nitrogen and oxygen atoms in total. The molecule has 5 heteroatoms. The number of carbonyl (C=O) groups excluding carboxylic acids is 1. The molecule has 2 heterocycles. The lowest BCUT2D eigenvalue weighted by molar-refractivity contribution is -0.150. The molecule has 0 unspecified atom stereocenters. The number of aliphatic carboxylic acids is 1. The van der Waals surface area contributed by atoms with Crippen LogP contribution in [0.15, 0.2) is 54.3 Å². The van der Waals surface area contributed by atoms with Crippen molar-refractivity contribution in [3.8, 4) is 0 Å². The van der Waals surface area contributed by atoms with E-state index in [4.69, 9.17) is 4.74 Å². The first kappa shape index (κ1) is 24.7. The number of carboxylic acid groups (broad SMARTS) is 1. The van der Waals surface area contributed by atoms with E-state index in [2.05, 4.69) is 49.2 Å². The van der Waals surface area contributed by atoms with Crippen LogP contribution in [0.5, 0.6) is 0 Å². The molecule has 4 rings (SSSR count). The number of ether oxygens (including phenoxy) is 1. The second kappa shape index (κ2) is 10.9. The molecule has 2 aliphatic carbocycles. The molecule has 3 aliphatic rings. The minimum Gasteiger partial charge on any atom is -0.481 e. The maximum atomic E-state index is 13.4.